The summed E-state index contributed by atoms with van der Waals surface area (Å²) in [6.45, 7) is 0. The Kier molecular flexibility index (Phi) is 6.28. The molecule has 4 rings (SSSR count). The topological polar surface area (TPSA) is 73.7 Å². The van der Waals surface area contributed by atoms with Crippen molar-refractivity contribution in [2.24, 2.45) is 0 Å². The third kappa shape index (κ3) is 4.72. The lowest BCUT2D eigenvalue weighted by molar-refractivity contribution is -0.141. The van der Waals surface area contributed by atoms with Crippen molar-refractivity contribution in [2.45, 2.75) is 24.9 Å². The minimum absolute atomic E-state index is 0.0166. The van der Waals surface area contributed by atoms with Gasteiger partial charge < -0.3 is 10.0 Å². The Labute approximate surface area is 196 Å². The highest BCUT2D eigenvalue weighted by atomic mass is 19.4. The first-order valence-corrected chi connectivity index (χ1v) is 10.3. The third-order valence-electron chi connectivity index (χ3n) is 5.70. The number of anilines is 1. The molecule has 1 aromatic heterocycles. The predicted octanol–water partition coefficient (Wildman–Crippen LogP) is 4.10. The quantitative estimate of drug-likeness (QED) is 0.546. The molecule has 0 saturated heterocycles. The summed E-state index contributed by atoms with van der Waals surface area (Å²) in [4.78, 5) is 31.8. The molecule has 1 unspecified atom stereocenters. The maximum absolute atomic E-state index is 13.8. The number of aliphatic hydroxyl groups excluding tert-OH is 1. The molecule has 2 aromatic carbocycles. The molecule has 2 atom stereocenters. The number of fused-ring (bicyclic) bond motifs is 1. The van der Waals surface area contributed by atoms with Gasteiger partial charge in [-0.15, -0.1) is 0 Å². The molecule has 3 aromatic rings. The normalized spacial score (nSPS) is 16.3. The van der Waals surface area contributed by atoms with Crippen LogP contribution in [-0.2, 0) is 17.4 Å². The van der Waals surface area contributed by atoms with Gasteiger partial charge in [-0.2, -0.15) is 13.2 Å². The number of benzene rings is 2. The largest absolute Gasteiger partial charge is 0.433 e. The molecule has 0 fully saturated rings. The van der Waals surface area contributed by atoms with E-state index in [1.165, 1.54) is 19.2 Å². The molecule has 2 amide bonds. The summed E-state index contributed by atoms with van der Waals surface area (Å²) in [7, 11) is 1.26. The molecule has 1 aliphatic heterocycles. The average molecular weight is 491 g/mol. The number of halogens is 5. The minimum atomic E-state index is -4.68. The van der Waals surface area contributed by atoms with Crippen LogP contribution in [0.4, 0.5) is 27.6 Å². The van der Waals surface area contributed by atoms with E-state index in [0.717, 1.165) is 34.2 Å². The Hall–Kier alpha value is -3.86. The molecule has 0 radical (unpaired) electrons. The van der Waals surface area contributed by atoms with Crippen LogP contribution in [0.15, 0.2) is 60.8 Å². The first-order chi connectivity index (χ1) is 16.5. The van der Waals surface area contributed by atoms with E-state index < -0.39 is 47.6 Å². The second-order valence-corrected chi connectivity index (χ2v) is 7.97. The number of aromatic nitrogens is 1. The Morgan fingerprint density at radius 1 is 1.11 bits per heavy atom. The van der Waals surface area contributed by atoms with E-state index in [0.29, 0.717) is 12.1 Å². The van der Waals surface area contributed by atoms with Gasteiger partial charge in [0, 0.05) is 30.7 Å². The molecule has 1 N–H and O–H groups in total. The number of alkyl halides is 3. The molecule has 2 heterocycles. The number of hydrogen-bond donors (Lipinski definition) is 1. The molecule has 1 aliphatic rings. The van der Waals surface area contributed by atoms with Crippen molar-refractivity contribution in [2.75, 3.05) is 11.9 Å². The lowest BCUT2D eigenvalue weighted by Crippen LogP contribution is -2.50. The maximum atomic E-state index is 13.8. The third-order valence-corrected chi connectivity index (χ3v) is 5.70. The second-order valence-electron chi connectivity index (χ2n) is 7.97. The van der Waals surface area contributed by atoms with Gasteiger partial charge in [0.05, 0.1) is 11.9 Å². The highest BCUT2D eigenvalue weighted by Gasteiger charge is 2.43. The summed E-state index contributed by atoms with van der Waals surface area (Å²) in [5.41, 5.74) is -0.732. The van der Waals surface area contributed by atoms with E-state index in [1.807, 2.05) is 0 Å². The van der Waals surface area contributed by atoms with Gasteiger partial charge in [-0.3, -0.25) is 14.5 Å². The number of likely N-dealkylation sites (N-methyl/N-ethyl adjacent to an activating group) is 1. The summed E-state index contributed by atoms with van der Waals surface area (Å²) >= 11 is 0. The van der Waals surface area contributed by atoms with Crippen molar-refractivity contribution >= 4 is 17.5 Å². The fourth-order valence-corrected chi connectivity index (χ4v) is 3.99. The van der Waals surface area contributed by atoms with Gasteiger partial charge in [0.25, 0.3) is 5.91 Å². The van der Waals surface area contributed by atoms with Crippen molar-refractivity contribution in [1.82, 2.24) is 9.88 Å². The van der Waals surface area contributed by atoms with Crippen molar-refractivity contribution in [3.8, 4) is 0 Å². The van der Waals surface area contributed by atoms with Crippen molar-refractivity contribution in [1.29, 1.82) is 0 Å². The van der Waals surface area contributed by atoms with Crippen molar-refractivity contribution in [3.05, 3.63) is 94.8 Å². The summed E-state index contributed by atoms with van der Waals surface area (Å²) in [5, 5.41) is 10.8. The molecule has 0 aliphatic carbocycles. The van der Waals surface area contributed by atoms with E-state index in [9.17, 15) is 36.6 Å². The lowest BCUT2D eigenvalue weighted by Gasteiger charge is -2.33. The van der Waals surface area contributed by atoms with Gasteiger partial charge in [0.2, 0.25) is 5.91 Å². The van der Waals surface area contributed by atoms with Crippen LogP contribution in [-0.4, -0.2) is 39.9 Å². The smallest absolute Gasteiger partial charge is 0.369 e. The summed E-state index contributed by atoms with van der Waals surface area (Å²) in [6.07, 6.45) is -5.73. The molecular weight excluding hydrogens is 473 g/mol. The van der Waals surface area contributed by atoms with Crippen LogP contribution in [0.3, 0.4) is 0 Å². The standard InChI is InChI=1S/C24H18F5N3O3/c1-31(16-6-7-20(30-12-16)24(27,28)29)23(35)19(10-13-8-14(25)11-15(26)9-13)32-21(33)17-4-2-3-5-18(17)22(32)34/h2-9,11-12,19,21,33H,10H2,1H3/t19-,21?/m0/s1. The first-order valence-electron chi connectivity index (χ1n) is 10.3. The Morgan fingerprint density at radius 2 is 1.77 bits per heavy atom. The number of carbonyl (C=O) groups is 2. The molecule has 11 heteroatoms. The number of aliphatic hydroxyl groups is 1. The SMILES string of the molecule is CN(C(=O)[C@H](Cc1cc(F)cc(F)c1)N1C(=O)c2ccccc2C1O)c1ccc(C(F)(F)F)nc1. The number of pyridine rings is 1. The first kappa shape index (κ1) is 24.3. The van der Waals surface area contributed by atoms with Gasteiger partial charge in [0.1, 0.15) is 23.4 Å². The zero-order valence-electron chi connectivity index (χ0n) is 18.1. The zero-order chi connectivity index (χ0) is 25.5. The minimum Gasteiger partial charge on any atom is -0.369 e. The van der Waals surface area contributed by atoms with E-state index in [2.05, 4.69) is 4.98 Å². The van der Waals surface area contributed by atoms with Crippen LogP contribution < -0.4 is 4.90 Å². The highest BCUT2D eigenvalue weighted by molar-refractivity contribution is 6.04. The van der Waals surface area contributed by atoms with E-state index in [-0.39, 0.29) is 28.8 Å². The molecule has 182 valence electrons. The van der Waals surface area contributed by atoms with E-state index >= 15 is 0 Å². The summed E-state index contributed by atoms with van der Waals surface area (Å²) in [6, 6.07) is 9.05. The van der Waals surface area contributed by atoms with Crippen LogP contribution in [0.2, 0.25) is 0 Å². The van der Waals surface area contributed by atoms with Gasteiger partial charge >= 0.3 is 6.18 Å². The number of amides is 2. The number of carbonyl (C=O) groups excluding carboxylic acids is 2. The second kappa shape index (κ2) is 9.06. The molecule has 0 spiro atoms. The molecule has 0 bridgehead atoms. The van der Waals surface area contributed by atoms with Gasteiger partial charge in [-0.05, 0) is 35.9 Å². The number of nitrogens with zero attached hydrogens (tertiary/aromatic N) is 3. The average Bonchev–Trinajstić information content (AvgIpc) is 3.05. The van der Waals surface area contributed by atoms with Crippen LogP contribution in [0.5, 0.6) is 0 Å². The fourth-order valence-electron chi connectivity index (χ4n) is 3.99. The van der Waals surface area contributed by atoms with Crippen molar-refractivity contribution in [3.63, 3.8) is 0 Å². The Bertz CT molecular complexity index is 1260. The van der Waals surface area contributed by atoms with Crippen LogP contribution in [0, 0.1) is 11.6 Å². The Morgan fingerprint density at radius 3 is 2.34 bits per heavy atom. The monoisotopic (exact) mass is 491 g/mol. The molecule has 0 saturated carbocycles. The number of hydrogen-bond acceptors (Lipinski definition) is 4. The van der Waals surface area contributed by atoms with E-state index in [1.54, 1.807) is 12.1 Å². The van der Waals surface area contributed by atoms with Gasteiger partial charge in [-0.25, -0.2) is 13.8 Å². The molecule has 35 heavy (non-hydrogen) atoms. The Balaban J connectivity index is 1.71. The zero-order valence-corrected chi connectivity index (χ0v) is 18.1. The molecule has 6 nitrogen and oxygen atoms in total. The van der Waals surface area contributed by atoms with Crippen LogP contribution >= 0.6 is 0 Å². The van der Waals surface area contributed by atoms with Gasteiger partial charge in [-0.1, -0.05) is 18.2 Å². The maximum Gasteiger partial charge on any atom is 0.433 e. The lowest BCUT2D eigenvalue weighted by atomic mass is 10.0. The predicted molar refractivity (Wildman–Crippen MR) is 114 cm³/mol. The van der Waals surface area contributed by atoms with Crippen LogP contribution in [0.1, 0.15) is 33.4 Å². The fraction of sp³-hybridized carbons (Fsp3) is 0.208. The van der Waals surface area contributed by atoms with Crippen LogP contribution in [0.25, 0.3) is 0 Å². The summed E-state index contributed by atoms with van der Waals surface area (Å²) in [5.74, 6) is -3.29. The van der Waals surface area contributed by atoms with E-state index in [4.69, 9.17) is 0 Å². The van der Waals surface area contributed by atoms with Gasteiger partial charge in [0.15, 0.2) is 6.23 Å². The highest BCUT2D eigenvalue weighted by Crippen LogP contribution is 2.35. The summed E-state index contributed by atoms with van der Waals surface area (Å²) < 4.78 is 66.2. The number of rotatable bonds is 5. The molecular formula is C24H18F5N3O3. The van der Waals surface area contributed by atoms with Crippen molar-refractivity contribution < 1.29 is 36.6 Å².